The molecule has 0 amide bonds. The average Bonchev–Trinajstić information content (AvgIpc) is 3.03. The molecule has 0 radical (unpaired) electrons. The van der Waals surface area contributed by atoms with Crippen LogP contribution in [0, 0.1) is 0 Å². The summed E-state index contributed by atoms with van der Waals surface area (Å²) in [5, 5.41) is 11.5. The summed E-state index contributed by atoms with van der Waals surface area (Å²) in [6, 6.07) is 36.8. The highest BCUT2D eigenvalue weighted by Gasteiger charge is 2.48. The van der Waals surface area contributed by atoms with Crippen molar-refractivity contribution in [3.8, 4) is 11.5 Å². The zero-order valence-electron chi connectivity index (χ0n) is 23.1. The molecule has 4 aromatic rings. The van der Waals surface area contributed by atoms with Gasteiger partial charge in [-0.05, 0) is 41.0 Å². The van der Waals surface area contributed by atoms with Crippen LogP contribution in [0.3, 0.4) is 0 Å². The van der Waals surface area contributed by atoms with E-state index in [-0.39, 0.29) is 6.61 Å². The molecule has 5 rings (SSSR count). The molecule has 7 nitrogen and oxygen atoms in total. The number of benzene rings is 4. The van der Waals surface area contributed by atoms with Crippen molar-refractivity contribution in [3.05, 3.63) is 132 Å². The maximum absolute atomic E-state index is 11.5. The zero-order chi connectivity index (χ0) is 28.3. The molecule has 1 saturated heterocycles. The predicted octanol–water partition coefficient (Wildman–Crippen LogP) is 5.55. The lowest BCUT2D eigenvalue weighted by Gasteiger charge is -2.44. The molecule has 4 aromatic carbocycles. The van der Waals surface area contributed by atoms with Crippen LogP contribution in [0.1, 0.15) is 16.7 Å². The van der Waals surface area contributed by atoms with Crippen LogP contribution in [0.5, 0.6) is 11.5 Å². The predicted molar refractivity (Wildman–Crippen MR) is 154 cm³/mol. The van der Waals surface area contributed by atoms with E-state index in [2.05, 4.69) is 0 Å². The summed E-state index contributed by atoms with van der Waals surface area (Å²) in [6.07, 6.45) is -4.09. The molecule has 1 fully saturated rings. The van der Waals surface area contributed by atoms with E-state index in [9.17, 15) is 5.11 Å². The van der Waals surface area contributed by atoms with Gasteiger partial charge < -0.3 is 33.5 Å². The first kappa shape index (κ1) is 28.8. The highest BCUT2D eigenvalue weighted by atomic mass is 16.7. The topological polar surface area (TPSA) is 75.6 Å². The van der Waals surface area contributed by atoms with Gasteiger partial charge in [0, 0.05) is 0 Å². The largest absolute Gasteiger partial charge is 0.497 e. The van der Waals surface area contributed by atoms with Crippen molar-refractivity contribution in [1.29, 1.82) is 0 Å². The smallest absolute Gasteiger partial charge is 0.229 e. The lowest BCUT2D eigenvalue weighted by Crippen LogP contribution is -2.61. The number of methoxy groups -OCH3 is 1. The van der Waals surface area contributed by atoms with Gasteiger partial charge in [0.1, 0.15) is 35.9 Å². The molecule has 7 heteroatoms. The molecular formula is C34H36O7. The molecule has 41 heavy (non-hydrogen) atoms. The van der Waals surface area contributed by atoms with E-state index in [1.54, 1.807) is 7.11 Å². The van der Waals surface area contributed by atoms with Crippen LogP contribution >= 0.6 is 0 Å². The van der Waals surface area contributed by atoms with Crippen LogP contribution in [-0.4, -0.2) is 49.5 Å². The Hall–Kier alpha value is -3.72. The van der Waals surface area contributed by atoms with Crippen LogP contribution < -0.4 is 9.47 Å². The van der Waals surface area contributed by atoms with Crippen molar-refractivity contribution in [2.45, 2.75) is 50.5 Å². The van der Waals surface area contributed by atoms with E-state index in [0.717, 1.165) is 16.7 Å². The van der Waals surface area contributed by atoms with Gasteiger partial charge >= 0.3 is 0 Å². The number of ether oxygens (including phenoxy) is 6. The monoisotopic (exact) mass is 556 g/mol. The van der Waals surface area contributed by atoms with E-state index in [0.29, 0.717) is 31.3 Å². The molecule has 0 aliphatic carbocycles. The van der Waals surface area contributed by atoms with E-state index >= 15 is 0 Å². The molecule has 1 aliphatic heterocycles. The van der Waals surface area contributed by atoms with Gasteiger partial charge in [-0.1, -0.05) is 91.0 Å². The summed E-state index contributed by atoms with van der Waals surface area (Å²) in [7, 11) is 1.61. The van der Waals surface area contributed by atoms with Gasteiger partial charge in [0.25, 0.3) is 0 Å². The summed E-state index contributed by atoms with van der Waals surface area (Å²) in [5.74, 6) is 1.29. The molecule has 0 spiro atoms. The Balaban J connectivity index is 1.37. The maximum atomic E-state index is 11.5. The van der Waals surface area contributed by atoms with Crippen molar-refractivity contribution in [2.24, 2.45) is 0 Å². The van der Waals surface area contributed by atoms with Gasteiger partial charge in [-0.2, -0.15) is 0 Å². The number of hydrogen-bond donors (Lipinski definition) is 1. The lowest BCUT2D eigenvalue weighted by molar-refractivity contribution is -0.301. The van der Waals surface area contributed by atoms with Crippen LogP contribution in [0.15, 0.2) is 115 Å². The molecule has 0 unspecified atom stereocenters. The third-order valence-electron chi connectivity index (χ3n) is 6.89. The minimum absolute atomic E-state index is 0.148. The Kier molecular flexibility index (Phi) is 10.4. The van der Waals surface area contributed by atoms with Gasteiger partial charge in [0.05, 0.1) is 33.5 Å². The third kappa shape index (κ3) is 8.16. The van der Waals surface area contributed by atoms with Crippen LogP contribution in [0.4, 0.5) is 0 Å². The Bertz CT molecular complexity index is 1290. The molecule has 1 N–H and O–H groups in total. The fraction of sp³-hybridized carbons (Fsp3) is 0.294. The van der Waals surface area contributed by atoms with Gasteiger partial charge in [-0.3, -0.25) is 0 Å². The van der Waals surface area contributed by atoms with Gasteiger partial charge in [0.15, 0.2) is 0 Å². The fourth-order valence-electron chi connectivity index (χ4n) is 4.68. The Labute approximate surface area is 241 Å². The molecule has 1 aliphatic rings. The molecule has 0 saturated carbocycles. The number of aliphatic hydroxyl groups is 1. The van der Waals surface area contributed by atoms with Crippen molar-refractivity contribution in [3.63, 3.8) is 0 Å². The van der Waals surface area contributed by atoms with E-state index in [1.807, 2.05) is 115 Å². The van der Waals surface area contributed by atoms with E-state index in [1.165, 1.54) is 0 Å². The SMILES string of the molecule is COc1ccc(O[C@@H]2O[C@H](COCc3ccccc3)[C@@H](O)[C@H](OCc3ccccc3)[C@H]2OCc2ccccc2)cc1. The number of hydrogen-bond acceptors (Lipinski definition) is 7. The highest BCUT2D eigenvalue weighted by Crippen LogP contribution is 2.31. The summed E-state index contributed by atoms with van der Waals surface area (Å²) >= 11 is 0. The van der Waals surface area contributed by atoms with Gasteiger partial charge in [-0.25, -0.2) is 0 Å². The molecule has 214 valence electrons. The Morgan fingerprint density at radius 1 is 0.610 bits per heavy atom. The van der Waals surface area contributed by atoms with Crippen molar-refractivity contribution < 1.29 is 33.5 Å². The van der Waals surface area contributed by atoms with E-state index < -0.39 is 30.7 Å². The summed E-state index contributed by atoms with van der Waals surface area (Å²) in [4.78, 5) is 0. The average molecular weight is 557 g/mol. The molecule has 1 heterocycles. The summed E-state index contributed by atoms with van der Waals surface area (Å²) in [5.41, 5.74) is 3.00. The first-order chi connectivity index (χ1) is 20.2. The van der Waals surface area contributed by atoms with Gasteiger partial charge in [0.2, 0.25) is 6.29 Å². The quantitative estimate of drug-likeness (QED) is 0.232. The van der Waals surface area contributed by atoms with Crippen LogP contribution in [0.25, 0.3) is 0 Å². The van der Waals surface area contributed by atoms with Crippen molar-refractivity contribution in [1.82, 2.24) is 0 Å². The summed E-state index contributed by atoms with van der Waals surface area (Å²) in [6.45, 7) is 1.13. The molecule has 0 aromatic heterocycles. The second-order valence-electron chi connectivity index (χ2n) is 9.85. The standard InChI is InChI=1S/C34H36O7/c1-36-28-17-19-29(20-18-28)40-34-33(39-23-27-15-9-4-10-16-27)32(38-22-26-13-7-3-8-14-26)31(35)30(41-34)24-37-21-25-11-5-2-6-12-25/h2-20,30-35H,21-24H2,1H3/t30-,31-,32+,33-,34-/m1/s1. The van der Waals surface area contributed by atoms with Crippen LogP contribution in [-0.2, 0) is 38.8 Å². The lowest BCUT2D eigenvalue weighted by atomic mass is 9.98. The maximum Gasteiger partial charge on any atom is 0.229 e. The fourth-order valence-corrected chi connectivity index (χ4v) is 4.68. The van der Waals surface area contributed by atoms with Crippen molar-refractivity contribution >= 4 is 0 Å². The van der Waals surface area contributed by atoms with Gasteiger partial charge in [-0.15, -0.1) is 0 Å². The number of aliphatic hydroxyl groups excluding tert-OH is 1. The third-order valence-corrected chi connectivity index (χ3v) is 6.89. The van der Waals surface area contributed by atoms with Crippen LogP contribution in [0.2, 0.25) is 0 Å². The van der Waals surface area contributed by atoms with Crippen molar-refractivity contribution in [2.75, 3.05) is 13.7 Å². The number of rotatable bonds is 13. The Morgan fingerprint density at radius 3 is 1.63 bits per heavy atom. The minimum Gasteiger partial charge on any atom is -0.497 e. The minimum atomic E-state index is -1.02. The molecule has 5 atom stereocenters. The highest BCUT2D eigenvalue weighted by molar-refractivity contribution is 5.31. The summed E-state index contributed by atoms with van der Waals surface area (Å²) < 4.78 is 36.7. The van der Waals surface area contributed by atoms with E-state index in [4.69, 9.17) is 28.4 Å². The second kappa shape index (κ2) is 14.8. The zero-order valence-corrected chi connectivity index (χ0v) is 23.1. The molecular weight excluding hydrogens is 520 g/mol. The normalized spacial score (nSPS) is 22.2. The second-order valence-corrected chi connectivity index (χ2v) is 9.85. The molecule has 0 bridgehead atoms. The Morgan fingerprint density at radius 2 is 1.10 bits per heavy atom. The first-order valence-corrected chi connectivity index (χ1v) is 13.8. The first-order valence-electron chi connectivity index (χ1n) is 13.8.